The first kappa shape index (κ1) is 33.8. The molecule has 2 amide bonds. The number of anilines is 1. The van der Waals surface area contributed by atoms with Crippen LogP contribution < -0.4 is 16.6 Å². The van der Waals surface area contributed by atoms with Crippen molar-refractivity contribution < 1.29 is 34.0 Å². The van der Waals surface area contributed by atoms with Gasteiger partial charge in [0.25, 0.3) is 5.88 Å². The number of carbonyl (C=O) groups is 3. The minimum atomic E-state index is -1.78. The Bertz CT molecular complexity index is 1420. The molecular formula is C18H20N8Na2O8S2Se. The van der Waals surface area contributed by atoms with Crippen LogP contribution in [0.15, 0.2) is 31.3 Å². The summed E-state index contributed by atoms with van der Waals surface area (Å²) in [6.07, 6.45) is 0. The zero-order chi connectivity index (χ0) is 27.0. The number of amides is 2. The van der Waals surface area contributed by atoms with E-state index in [0.717, 1.165) is 21.3 Å². The summed E-state index contributed by atoms with van der Waals surface area (Å²) in [4.78, 5) is 64.4. The summed E-state index contributed by atoms with van der Waals surface area (Å²) >= 11 is -1.13. The van der Waals surface area contributed by atoms with Crippen LogP contribution in [0.4, 0.5) is 4.69 Å². The molecule has 21 heteroatoms. The van der Waals surface area contributed by atoms with Crippen molar-refractivity contribution in [1.82, 2.24) is 30.0 Å². The van der Waals surface area contributed by atoms with Gasteiger partial charge in [0.15, 0.2) is 5.16 Å². The number of carboxylic acid groups (broad SMARTS) is 1. The van der Waals surface area contributed by atoms with Crippen molar-refractivity contribution >= 4 is 125 Å². The molecule has 16 nitrogen and oxygen atoms in total. The molecular weight excluding hydrogens is 645 g/mol. The van der Waals surface area contributed by atoms with Crippen LogP contribution in [-0.2, 0) is 37.4 Å². The minimum absolute atomic E-state index is 0. The summed E-state index contributed by atoms with van der Waals surface area (Å²) < 4.78 is 14.5. The molecule has 2 aliphatic heterocycles. The van der Waals surface area contributed by atoms with Gasteiger partial charge < -0.3 is 5.11 Å². The molecule has 0 radical (unpaired) electrons. The molecule has 2 aromatic rings. The molecule has 200 valence electrons. The van der Waals surface area contributed by atoms with Crippen molar-refractivity contribution in [3.8, 4) is 5.88 Å². The number of aliphatic carboxylic acids is 1. The molecule has 0 aliphatic carbocycles. The molecule has 5 N–H and O–H groups in total. The number of hydrogen-bond donors (Lipinski definition) is 4. The van der Waals surface area contributed by atoms with E-state index in [4.69, 9.17) is 10.6 Å². The number of β-lactam (4-membered cyclic amide) rings is 1. The fraction of sp³-hybridized carbons (Fsp3) is 0.333. The SMILES string of the molecule is CO/N=C(\C(=O)N[C@@H]1C(=O)N2C(C(=O)O)=C(CSc3nc(=O)c(O)nn3C)C[S+]([O-])[C@H]12)c1c[se]c(N)n1.[NaH].[NaH]. The van der Waals surface area contributed by atoms with Gasteiger partial charge in [-0.05, 0) is 0 Å². The molecule has 4 rings (SSSR count). The first-order chi connectivity index (χ1) is 17.5. The monoisotopic (exact) mass is 666 g/mol. The Morgan fingerprint density at radius 1 is 1.38 bits per heavy atom. The third-order valence-corrected chi connectivity index (χ3v) is 9.32. The molecule has 39 heavy (non-hydrogen) atoms. The normalized spacial score (nSPS) is 20.3. The number of aromatic nitrogens is 4. The average Bonchev–Trinajstić information content (AvgIpc) is 3.27. The summed E-state index contributed by atoms with van der Waals surface area (Å²) in [6, 6.07) is -1.27. The van der Waals surface area contributed by atoms with Crippen LogP contribution in [-0.4, -0.2) is 167 Å². The average molecular weight is 665 g/mol. The molecule has 1 unspecified atom stereocenters. The summed E-state index contributed by atoms with van der Waals surface area (Å²) in [7, 11) is 2.64. The third kappa shape index (κ3) is 6.92. The van der Waals surface area contributed by atoms with Gasteiger partial charge in [0.05, 0.1) is 0 Å². The van der Waals surface area contributed by atoms with Gasteiger partial charge in [-0.1, -0.05) is 0 Å². The second kappa shape index (κ2) is 14.0. The summed E-state index contributed by atoms with van der Waals surface area (Å²) in [5.41, 5.74) is 4.44. The van der Waals surface area contributed by atoms with Crippen LogP contribution in [0, 0.1) is 0 Å². The summed E-state index contributed by atoms with van der Waals surface area (Å²) in [5, 5.41) is 27.9. The van der Waals surface area contributed by atoms with Crippen molar-refractivity contribution in [2.24, 2.45) is 12.2 Å². The third-order valence-electron chi connectivity index (χ3n) is 5.14. The molecule has 4 heterocycles. The zero-order valence-electron chi connectivity index (χ0n) is 19.0. The quantitative estimate of drug-likeness (QED) is 0.0520. The van der Waals surface area contributed by atoms with E-state index in [-0.39, 0.29) is 113 Å². The fourth-order valence-electron chi connectivity index (χ4n) is 3.58. The van der Waals surface area contributed by atoms with Crippen molar-refractivity contribution in [2.45, 2.75) is 16.6 Å². The number of oxime groups is 1. The molecule has 0 spiro atoms. The van der Waals surface area contributed by atoms with E-state index in [1.807, 2.05) is 0 Å². The Balaban J connectivity index is 0.00000267. The van der Waals surface area contributed by atoms with Gasteiger partial charge >= 0.3 is 237 Å². The number of nitrogens with zero attached hydrogens (tertiary/aromatic N) is 6. The van der Waals surface area contributed by atoms with Crippen LogP contribution in [0.1, 0.15) is 5.69 Å². The Kier molecular flexibility index (Phi) is 12.1. The van der Waals surface area contributed by atoms with Crippen molar-refractivity contribution in [1.29, 1.82) is 0 Å². The van der Waals surface area contributed by atoms with Crippen molar-refractivity contribution in [3.05, 3.63) is 32.3 Å². The predicted molar refractivity (Wildman–Crippen MR) is 143 cm³/mol. The molecule has 2 aliphatic rings. The van der Waals surface area contributed by atoms with Crippen molar-refractivity contribution in [3.63, 3.8) is 0 Å². The van der Waals surface area contributed by atoms with Crippen LogP contribution in [0.3, 0.4) is 0 Å². The van der Waals surface area contributed by atoms with E-state index in [1.54, 1.807) is 4.94 Å². The Labute approximate surface area is 277 Å². The van der Waals surface area contributed by atoms with E-state index in [0.29, 0.717) is 4.69 Å². The van der Waals surface area contributed by atoms with Gasteiger partial charge in [-0.2, -0.15) is 4.98 Å². The number of carboxylic acids is 1. The Morgan fingerprint density at radius 2 is 2.08 bits per heavy atom. The summed E-state index contributed by atoms with van der Waals surface area (Å²) in [6.45, 7) is 0. The first-order valence-electron chi connectivity index (χ1n) is 10.1. The van der Waals surface area contributed by atoms with Gasteiger partial charge in [-0.3, -0.25) is 4.79 Å². The first-order valence-corrected chi connectivity index (χ1v) is 14.3. The second-order valence-electron chi connectivity index (χ2n) is 7.46. The van der Waals surface area contributed by atoms with Crippen LogP contribution in [0.25, 0.3) is 0 Å². The summed E-state index contributed by atoms with van der Waals surface area (Å²) in [5.74, 6) is -4.10. The van der Waals surface area contributed by atoms with Gasteiger partial charge in [0.2, 0.25) is 0 Å². The Morgan fingerprint density at radius 3 is 2.67 bits per heavy atom. The van der Waals surface area contributed by atoms with Gasteiger partial charge in [-0.15, -0.1) is 5.10 Å². The number of hydrogen-bond acceptors (Lipinski definition) is 13. The maximum absolute atomic E-state index is 13.1. The number of aryl methyl sites for hydroxylation is 1. The van der Waals surface area contributed by atoms with Crippen LogP contribution >= 0.6 is 11.8 Å². The van der Waals surface area contributed by atoms with E-state index < -0.39 is 51.8 Å². The number of fused-ring (bicyclic) bond motifs is 1. The van der Waals surface area contributed by atoms with Crippen molar-refractivity contribution in [2.75, 3.05) is 24.3 Å². The number of thioether (sulfide) groups is 1. The molecule has 1 fully saturated rings. The van der Waals surface area contributed by atoms with Gasteiger partial charge in [-0.25, -0.2) is 4.68 Å². The number of aromatic hydroxyl groups is 1. The molecule has 1 saturated heterocycles. The molecule has 2 aromatic heterocycles. The number of carbonyl (C=O) groups excluding carboxylic acids is 2. The molecule has 0 bridgehead atoms. The molecule has 0 aromatic carbocycles. The van der Waals surface area contributed by atoms with Crippen LogP contribution in [0.5, 0.6) is 5.88 Å². The molecule has 0 saturated carbocycles. The maximum atomic E-state index is 13.1. The van der Waals surface area contributed by atoms with E-state index in [9.17, 15) is 33.9 Å². The Hall–Kier alpha value is -1.38. The van der Waals surface area contributed by atoms with E-state index in [1.165, 1.54) is 14.2 Å². The van der Waals surface area contributed by atoms with Gasteiger partial charge in [0.1, 0.15) is 0 Å². The van der Waals surface area contributed by atoms with E-state index in [2.05, 4.69) is 25.5 Å². The van der Waals surface area contributed by atoms with Gasteiger partial charge in [0, 0.05) is 7.05 Å². The zero-order valence-corrected chi connectivity index (χ0v) is 22.3. The second-order valence-corrected chi connectivity index (χ2v) is 11.8. The fourth-order valence-corrected chi connectivity index (χ4v) is 7.46. The molecule has 3 atom stereocenters. The predicted octanol–water partition coefficient (Wildman–Crippen LogP) is -4.48. The topological polar surface area (TPSA) is 238 Å². The number of nitrogens with two attached hydrogens (primary N) is 1. The van der Waals surface area contributed by atoms with E-state index >= 15 is 0 Å². The number of nitrogens with one attached hydrogen (secondary N) is 1. The van der Waals surface area contributed by atoms with Crippen LogP contribution in [0.2, 0.25) is 0 Å². The number of rotatable bonds is 8. The standard InChI is InChI=1S/C18H18N8O8S2Se.2Na.2H/c1-25-18(22-12(28)13(29)23-25)35-3-6-4-36(33)15-9(14(30)26(15)10(6)16(31)32)21-11(27)8(24-34-2)7-5-37-17(19)20-7;;;;/h5,9,15H,3-4H2,1-2H3,(H2,19,20)(H,21,27)(H,23,29)(H,31,32);;;;/b24-8-;;;;/t9-,15-,36?;;;;/m1..../s1. The number of nitrogen functional groups attached to an aromatic ring is 1.